The minimum atomic E-state index is 0.194. The zero-order valence-electron chi connectivity index (χ0n) is 9.58. The minimum Gasteiger partial charge on any atom is -0.377 e. The molecule has 0 aromatic heterocycles. The third-order valence-corrected chi connectivity index (χ3v) is 3.58. The quantitative estimate of drug-likeness (QED) is 0.707. The van der Waals surface area contributed by atoms with E-state index in [0.717, 1.165) is 45.4 Å². The van der Waals surface area contributed by atoms with Crippen LogP contribution in [0.2, 0.25) is 0 Å². The van der Waals surface area contributed by atoms with Gasteiger partial charge >= 0.3 is 0 Å². The highest BCUT2D eigenvalue weighted by Gasteiger charge is 2.31. The van der Waals surface area contributed by atoms with Crippen LogP contribution < -0.4 is 0 Å². The van der Waals surface area contributed by atoms with Crippen molar-refractivity contribution in [3.63, 3.8) is 0 Å². The van der Waals surface area contributed by atoms with Gasteiger partial charge in [-0.1, -0.05) is 6.92 Å². The molecule has 1 heterocycles. The van der Waals surface area contributed by atoms with Gasteiger partial charge in [0, 0.05) is 19.6 Å². The molecule has 2 aliphatic rings. The Bertz CT molecular complexity index is 224. The number of nitrogens with zero attached hydrogens (tertiary/aromatic N) is 1. The van der Waals surface area contributed by atoms with Crippen LogP contribution in [0.3, 0.4) is 0 Å². The lowest BCUT2D eigenvalue weighted by Crippen LogP contribution is -2.42. The van der Waals surface area contributed by atoms with E-state index in [1.807, 2.05) is 0 Å². The van der Waals surface area contributed by atoms with Crippen LogP contribution in [-0.2, 0) is 9.53 Å². The molecule has 2 fully saturated rings. The molecule has 0 bridgehead atoms. The SMILES string of the molecule is CCN(CC1CCCO1)C1CCCC1=O. The molecule has 15 heavy (non-hydrogen) atoms. The molecule has 86 valence electrons. The number of ether oxygens (including phenoxy) is 1. The Labute approximate surface area is 91.8 Å². The Morgan fingerprint density at radius 2 is 2.27 bits per heavy atom. The van der Waals surface area contributed by atoms with Gasteiger partial charge in [-0.05, 0) is 32.2 Å². The summed E-state index contributed by atoms with van der Waals surface area (Å²) in [7, 11) is 0. The minimum absolute atomic E-state index is 0.194. The molecular formula is C12H21NO2. The van der Waals surface area contributed by atoms with Crippen molar-refractivity contribution in [3.05, 3.63) is 0 Å². The normalized spacial score (nSPS) is 31.7. The molecule has 2 rings (SSSR count). The molecule has 2 atom stereocenters. The lowest BCUT2D eigenvalue weighted by Gasteiger charge is -2.28. The Balaban J connectivity index is 1.88. The zero-order valence-corrected chi connectivity index (χ0v) is 9.58. The number of ketones is 1. The van der Waals surface area contributed by atoms with E-state index >= 15 is 0 Å². The average Bonchev–Trinajstić information content (AvgIpc) is 2.85. The molecule has 1 aliphatic heterocycles. The Hall–Kier alpha value is -0.410. The summed E-state index contributed by atoms with van der Waals surface area (Å²) in [5.41, 5.74) is 0. The topological polar surface area (TPSA) is 29.5 Å². The second-order valence-electron chi connectivity index (χ2n) is 4.60. The van der Waals surface area contributed by atoms with Gasteiger partial charge in [0.05, 0.1) is 12.1 Å². The number of Topliss-reactive ketones (excluding diaryl/α,β-unsaturated/α-hetero) is 1. The maximum atomic E-state index is 11.7. The molecule has 0 radical (unpaired) electrons. The second kappa shape index (κ2) is 5.08. The van der Waals surface area contributed by atoms with Gasteiger partial charge in [0.25, 0.3) is 0 Å². The summed E-state index contributed by atoms with van der Waals surface area (Å²) in [6.45, 7) is 4.96. The summed E-state index contributed by atoms with van der Waals surface area (Å²) in [6, 6.07) is 0.194. The first-order chi connectivity index (χ1) is 7.31. The maximum Gasteiger partial charge on any atom is 0.149 e. The fraction of sp³-hybridized carbons (Fsp3) is 0.917. The average molecular weight is 211 g/mol. The van der Waals surface area contributed by atoms with Crippen molar-refractivity contribution in [2.45, 2.75) is 51.2 Å². The van der Waals surface area contributed by atoms with Gasteiger partial charge in [-0.15, -0.1) is 0 Å². The van der Waals surface area contributed by atoms with E-state index in [0.29, 0.717) is 11.9 Å². The van der Waals surface area contributed by atoms with E-state index in [1.54, 1.807) is 0 Å². The molecular weight excluding hydrogens is 190 g/mol. The van der Waals surface area contributed by atoms with E-state index in [1.165, 1.54) is 6.42 Å². The van der Waals surface area contributed by atoms with Crippen LogP contribution in [0.5, 0.6) is 0 Å². The van der Waals surface area contributed by atoms with Crippen molar-refractivity contribution in [1.82, 2.24) is 4.90 Å². The van der Waals surface area contributed by atoms with Crippen molar-refractivity contribution in [1.29, 1.82) is 0 Å². The summed E-state index contributed by atoms with van der Waals surface area (Å²) >= 11 is 0. The van der Waals surface area contributed by atoms with Crippen molar-refractivity contribution in [2.75, 3.05) is 19.7 Å². The van der Waals surface area contributed by atoms with Crippen LogP contribution in [0.1, 0.15) is 39.0 Å². The fourth-order valence-corrected chi connectivity index (χ4v) is 2.71. The van der Waals surface area contributed by atoms with Crippen LogP contribution in [0.25, 0.3) is 0 Å². The van der Waals surface area contributed by atoms with E-state index in [4.69, 9.17) is 4.74 Å². The number of hydrogen-bond donors (Lipinski definition) is 0. The summed E-state index contributed by atoms with van der Waals surface area (Å²) in [4.78, 5) is 14.0. The summed E-state index contributed by atoms with van der Waals surface area (Å²) in [5, 5.41) is 0. The lowest BCUT2D eigenvalue weighted by molar-refractivity contribution is -0.122. The number of rotatable bonds is 4. The molecule has 0 aromatic rings. The fourth-order valence-electron chi connectivity index (χ4n) is 2.71. The zero-order chi connectivity index (χ0) is 10.7. The molecule has 2 unspecified atom stereocenters. The number of carbonyl (C=O) groups excluding carboxylic acids is 1. The van der Waals surface area contributed by atoms with Gasteiger partial charge in [-0.3, -0.25) is 9.69 Å². The Kier molecular flexibility index (Phi) is 3.76. The predicted molar refractivity (Wildman–Crippen MR) is 58.9 cm³/mol. The summed E-state index contributed by atoms with van der Waals surface area (Å²) in [5.74, 6) is 0.440. The van der Waals surface area contributed by atoms with Crippen molar-refractivity contribution < 1.29 is 9.53 Å². The molecule has 3 heteroatoms. The van der Waals surface area contributed by atoms with Crippen LogP contribution >= 0.6 is 0 Å². The van der Waals surface area contributed by atoms with Gasteiger partial charge in [-0.2, -0.15) is 0 Å². The van der Waals surface area contributed by atoms with E-state index in [2.05, 4.69) is 11.8 Å². The number of hydrogen-bond acceptors (Lipinski definition) is 3. The molecule has 3 nitrogen and oxygen atoms in total. The standard InChI is InChI=1S/C12H21NO2/c1-2-13(9-10-5-4-8-15-10)11-6-3-7-12(11)14/h10-11H,2-9H2,1H3. The molecule has 0 amide bonds. The van der Waals surface area contributed by atoms with Crippen LogP contribution in [0, 0.1) is 0 Å². The molecule has 1 aliphatic carbocycles. The first-order valence-corrected chi connectivity index (χ1v) is 6.19. The third-order valence-electron chi connectivity index (χ3n) is 3.58. The highest BCUT2D eigenvalue weighted by molar-refractivity contribution is 5.85. The molecule has 1 saturated carbocycles. The van der Waals surface area contributed by atoms with Crippen LogP contribution in [0.4, 0.5) is 0 Å². The second-order valence-corrected chi connectivity index (χ2v) is 4.60. The van der Waals surface area contributed by atoms with E-state index < -0.39 is 0 Å². The highest BCUT2D eigenvalue weighted by Crippen LogP contribution is 2.22. The van der Waals surface area contributed by atoms with Crippen molar-refractivity contribution in [3.8, 4) is 0 Å². The molecule has 1 saturated heterocycles. The predicted octanol–water partition coefficient (Wildman–Crippen LogP) is 1.61. The van der Waals surface area contributed by atoms with E-state index in [9.17, 15) is 4.79 Å². The summed E-state index contributed by atoms with van der Waals surface area (Å²) in [6.07, 6.45) is 5.63. The van der Waals surface area contributed by atoms with Crippen molar-refractivity contribution in [2.24, 2.45) is 0 Å². The highest BCUT2D eigenvalue weighted by atomic mass is 16.5. The van der Waals surface area contributed by atoms with Gasteiger partial charge in [0.1, 0.15) is 5.78 Å². The number of carbonyl (C=O) groups is 1. The van der Waals surface area contributed by atoms with Crippen LogP contribution in [-0.4, -0.2) is 42.5 Å². The lowest BCUT2D eigenvalue weighted by atomic mass is 10.1. The van der Waals surface area contributed by atoms with Gasteiger partial charge in [0.2, 0.25) is 0 Å². The Morgan fingerprint density at radius 3 is 2.80 bits per heavy atom. The Morgan fingerprint density at radius 1 is 1.40 bits per heavy atom. The maximum absolute atomic E-state index is 11.7. The summed E-state index contributed by atoms with van der Waals surface area (Å²) < 4.78 is 5.63. The smallest absolute Gasteiger partial charge is 0.149 e. The largest absolute Gasteiger partial charge is 0.377 e. The number of likely N-dealkylation sites (N-methyl/N-ethyl adjacent to an activating group) is 1. The van der Waals surface area contributed by atoms with Gasteiger partial charge in [0.15, 0.2) is 0 Å². The molecule has 0 spiro atoms. The first-order valence-electron chi connectivity index (χ1n) is 6.19. The third kappa shape index (κ3) is 2.58. The first kappa shape index (κ1) is 11.1. The monoisotopic (exact) mass is 211 g/mol. The van der Waals surface area contributed by atoms with Crippen molar-refractivity contribution >= 4 is 5.78 Å². The molecule has 0 N–H and O–H groups in total. The van der Waals surface area contributed by atoms with Crippen LogP contribution in [0.15, 0.2) is 0 Å². The van der Waals surface area contributed by atoms with E-state index in [-0.39, 0.29) is 6.04 Å². The van der Waals surface area contributed by atoms with Gasteiger partial charge in [-0.25, -0.2) is 0 Å². The molecule has 0 aromatic carbocycles. The van der Waals surface area contributed by atoms with Gasteiger partial charge < -0.3 is 4.74 Å².